The predicted octanol–water partition coefficient (Wildman–Crippen LogP) is 1.60. The molecule has 0 aliphatic heterocycles. The van der Waals surface area contributed by atoms with Crippen molar-refractivity contribution < 1.29 is 12.6 Å². The summed E-state index contributed by atoms with van der Waals surface area (Å²) in [5.41, 5.74) is 0. The van der Waals surface area contributed by atoms with Crippen molar-refractivity contribution in [2.75, 3.05) is 0 Å². The molecule has 0 bridgehead atoms. The zero-order valence-corrected chi connectivity index (χ0v) is 7.87. The van der Waals surface area contributed by atoms with Crippen LogP contribution in [0.5, 0.6) is 0 Å². The van der Waals surface area contributed by atoms with Gasteiger partial charge in [-0.3, -0.25) is 0 Å². The molecule has 0 aromatic rings. The maximum absolute atomic E-state index is 10.7. The van der Waals surface area contributed by atoms with E-state index in [0.717, 1.165) is 11.8 Å². The van der Waals surface area contributed by atoms with E-state index in [-0.39, 0.29) is 5.05 Å². The molecule has 0 spiro atoms. The minimum atomic E-state index is -3.62. The molecule has 0 N–H and O–H groups in total. The number of thiocarbonyl (C=S) groups is 1. The predicted molar refractivity (Wildman–Crippen MR) is 47.7 cm³/mol. The SMILES string of the molecule is C=CS(=O)(=O)OC(=S)CCC. The summed E-state index contributed by atoms with van der Waals surface area (Å²) < 4.78 is 25.7. The van der Waals surface area contributed by atoms with Crippen LogP contribution in [0.2, 0.25) is 0 Å². The number of hydrogen-bond donors (Lipinski definition) is 0. The van der Waals surface area contributed by atoms with Crippen molar-refractivity contribution in [1.82, 2.24) is 0 Å². The van der Waals surface area contributed by atoms with Gasteiger partial charge in [0.1, 0.15) is 0 Å². The highest BCUT2D eigenvalue weighted by atomic mass is 32.2. The van der Waals surface area contributed by atoms with E-state index in [1.165, 1.54) is 0 Å². The van der Waals surface area contributed by atoms with Crippen LogP contribution in [-0.2, 0) is 14.3 Å². The van der Waals surface area contributed by atoms with E-state index in [1.54, 1.807) is 0 Å². The molecule has 3 nitrogen and oxygen atoms in total. The molecule has 0 aromatic heterocycles. The lowest BCUT2D eigenvalue weighted by Gasteiger charge is -2.01. The molecule has 0 aromatic carbocycles. The van der Waals surface area contributed by atoms with Crippen LogP contribution in [0, 0.1) is 0 Å². The van der Waals surface area contributed by atoms with Gasteiger partial charge in [0, 0.05) is 6.42 Å². The normalized spacial score (nSPS) is 10.6. The van der Waals surface area contributed by atoms with Crippen LogP contribution in [0.4, 0.5) is 0 Å². The van der Waals surface area contributed by atoms with Crippen molar-refractivity contribution in [3.8, 4) is 0 Å². The van der Waals surface area contributed by atoms with Crippen molar-refractivity contribution in [3.63, 3.8) is 0 Å². The Kier molecular flexibility index (Phi) is 4.29. The molecule has 0 aliphatic carbocycles. The molecular formula is C6H10O3S2. The van der Waals surface area contributed by atoms with Crippen molar-refractivity contribution in [2.45, 2.75) is 19.8 Å². The second kappa shape index (κ2) is 4.46. The molecule has 0 heterocycles. The first kappa shape index (κ1) is 10.6. The van der Waals surface area contributed by atoms with E-state index >= 15 is 0 Å². The summed E-state index contributed by atoms with van der Waals surface area (Å²) in [7, 11) is -3.62. The highest BCUT2D eigenvalue weighted by molar-refractivity contribution is 7.91. The van der Waals surface area contributed by atoms with Gasteiger partial charge in [0.25, 0.3) is 0 Å². The van der Waals surface area contributed by atoms with Gasteiger partial charge in [-0.05, 0) is 18.6 Å². The molecule has 64 valence electrons. The van der Waals surface area contributed by atoms with Gasteiger partial charge in [-0.2, -0.15) is 8.42 Å². The molecule has 0 saturated heterocycles. The highest BCUT2D eigenvalue weighted by Gasteiger charge is 2.07. The molecule has 0 fully saturated rings. The van der Waals surface area contributed by atoms with Crippen molar-refractivity contribution in [2.24, 2.45) is 0 Å². The Morgan fingerprint density at radius 1 is 1.73 bits per heavy atom. The Balaban J connectivity index is 4.05. The van der Waals surface area contributed by atoms with E-state index in [1.807, 2.05) is 6.92 Å². The Morgan fingerprint density at radius 3 is 2.64 bits per heavy atom. The topological polar surface area (TPSA) is 43.4 Å². The van der Waals surface area contributed by atoms with Crippen LogP contribution in [0.15, 0.2) is 12.0 Å². The Morgan fingerprint density at radius 2 is 2.27 bits per heavy atom. The molecule has 0 aliphatic rings. The molecule has 0 unspecified atom stereocenters. The molecule has 0 radical (unpaired) electrons. The first-order chi connectivity index (χ1) is 5.02. The maximum atomic E-state index is 10.7. The molecule has 5 heteroatoms. The van der Waals surface area contributed by atoms with E-state index in [0.29, 0.717) is 6.42 Å². The van der Waals surface area contributed by atoms with Gasteiger partial charge in [0.2, 0.25) is 0 Å². The average molecular weight is 194 g/mol. The summed E-state index contributed by atoms with van der Waals surface area (Å²) >= 11 is 4.62. The van der Waals surface area contributed by atoms with E-state index in [4.69, 9.17) is 0 Å². The third-order valence-corrected chi connectivity index (χ3v) is 2.10. The Hall–Kier alpha value is -0.420. The quantitative estimate of drug-likeness (QED) is 0.503. The molecule has 0 rings (SSSR count). The number of hydrogen-bond acceptors (Lipinski definition) is 4. The zero-order chi connectivity index (χ0) is 8.91. The monoisotopic (exact) mass is 194 g/mol. The third kappa shape index (κ3) is 4.92. The Bertz CT molecular complexity index is 241. The van der Waals surface area contributed by atoms with Crippen LogP contribution in [0.1, 0.15) is 19.8 Å². The maximum Gasteiger partial charge on any atom is 0.332 e. The molecule has 0 amide bonds. The lowest BCUT2D eigenvalue weighted by Crippen LogP contribution is -2.07. The summed E-state index contributed by atoms with van der Waals surface area (Å²) in [6.07, 6.45) is 1.24. The highest BCUT2D eigenvalue weighted by Crippen LogP contribution is 2.01. The fourth-order valence-corrected chi connectivity index (χ4v) is 1.31. The molecular weight excluding hydrogens is 184 g/mol. The van der Waals surface area contributed by atoms with Crippen LogP contribution < -0.4 is 0 Å². The first-order valence-electron chi connectivity index (χ1n) is 3.11. The largest absolute Gasteiger partial charge is 0.372 e. The fraction of sp³-hybridized carbons (Fsp3) is 0.500. The van der Waals surface area contributed by atoms with Crippen molar-refractivity contribution in [3.05, 3.63) is 12.0 Å². The van der Waals surface area contributed by atoms with Gasteiger partial charge >= 0.3 is 10.1 Å². The molecule has 11 heavy (non-hydrogen) atoms. The van der Waals surface area contributed by atoms with Crippen molar-refractivity contribution >= 4 is 27.4 Å². The summed E-state index contributed by atoms with van der Waals surface area (Å²) in [6.45, 7) is 4.96. The summed E-state index contributed by atoms with van der Waals surface area (Å²) in [5, 5.41) is 0.821. The minimum absolute atomic E-state index is 0.0902. The van der Waals surface area contributed by atoms with Crippen molar-refractivity contribution in [1.29, 1.82) is 0 Å². The summed E-state index contributed by atoms with van der Waals surface area (Å²) in [5.74, 6) is 0. The summed E-state index contributed by atoms with van der Waals surface area (Å²) in [4.78, 5) is 0. The van der Waals surface area contributed by atoms with E-state index in [2.05, 4.69) is 23.0 Å². The van der Waals surface area contributed by atoms with Crippen LogP contribution in [0.25, 0.3) is 0 Å². The van der Waals surface area contributed by atoms with Crippen LogP contribution in [-0.4, -0.2) is 13.5 Å². The Labute approximate surface area is 72.2 Å². The fourth-order valence-electron chi connectivity index (χ4n) is 0.409. The van der Waals surface area contributed by atoms with Crippen LogP contribution in [0.3, 0.4) is 0 Å². The van der Waals surface area contributed by atoms with E-state index < -0.39 is 10.1 Å². The van der Waals surface area contributed by atoms with E-state index in [9.17, 15) is 8.42 Å². The smallest absolute Gasteiger partial charge is 0.332 e. The second-order valence-corrected chi connectivity index (χ2v) is 3.81. The van der Waals surface area contributed by atoms with Gasteiger partial charge in [-0.25, -0.2) is 0 Å². The molecule has 0 saturated carbocycles. The lowest BCUT2D eigenvalue weighted by atomic mass is 10.4. The number of rotatable bonds is 4. The van der Waals surface area contributed by atoms with Gasteiger partial charge in [-0.15, -0.1) is 0 Å². The van der Waals surface area contributed by atoms with Crippen LogP contribution >= 0.6 is 12.2 Å². The lowest BCUT2D eigenvalue weighted by molar-refractivity contribution is 0.491. The van der Waals surface area contributed by atoms with Gasteiger partial charge in [-0.1, -0.05) is 13.5 Å². The first-order valence-corrected chi connectivity index (χ1v) is 4.99. The van der Waals surface area contributed by atoms with Gasteiger partial charge in [0.15, 0.2) is 5.05 Å². The summed E-state index contributed by atoms with van der Waals surface area (Å²) in [6, 6.07) is 0. The minimum Gasteiger partial charge on any atom is -0.372 e. The standard InChI is InChI=1S/C6H10O3S2/c1-3-5-6(10)9-11(7,8)4-2/h4H,2-3,5H2,1H3. The second-order valence-electron chi connectivity index (χ2n) is 1.86. The van der Waals surface area contributed by atoms with Gasteiger partial charge < -0.3 is 4.18 Å². The van der Waals surface area contributed by atoms with Gasteiger partial charge in [0.05, 0.1) is 5.41 Å². The average Bonchev–Trinajstić information content (AvgIpc) is 1.87. The third-order valence-electron chi connectivity index (χ3n) is 0.867. The molecule has 0 atom stereocenters. The zero-order valence-electron chi connectivity index (χ0n) is 6.24.